The lowest BCUT2D eigenvalue weighted by Crippen LogP contribution is -2.35. The SMILES string of the molecule is Cc1nn(-c2cccc(Cl)c2)nc1C(=O)NCCN1CCCCCC1. The molecule has 0 aliphatic carbocycles. The molecule has 1 N–H and O–H groups in total. The van der Waals surface area contributed by atoms with Crippen LogP contribution in [0.3, 0.4) is 0 Å². The van der Waals surface area contributed by atoms with Gasteiger partial charge >= 0.3 is 0 Å². The van der Waals surface area contributed by atoms with Gasteiger partial charge in [0.15, 0.2) is 5.69 Å². The van der Waals surface area contributed by atoms with E-state index in [-0.39, 0.29) is 5.91 Å². The molecule has 7 heteroatoms. The molecule has 1 amide bonds. The summed E-state index contributed by atoms with van der Waals surface area (Å²) in [6.07, 6.45) is 5.13. The summed E-state index contributed by atoms with van der Waals surface area (Å²) >= 11 is 6.00. The van der Waals surface area contributed by atoms with E-state index in [4.69, 9.17) is 11.6 Å². The fourth-order valence-electron chi connectivity index (χ4n) is 3.08. The van der Waals surface area contributed by atoms with E-state index in [1.165, 1.54) is 30.5 Å². The molecule has 1 fully saturated rings. The zero-order valence-corrected chi connectivity index (χ0v) is 15.3. The molecule has 0 atom stereocenters. The lowest BCUT2D eigenvalue weighted by atomic mass is 10.2. The van der Waals surface area contributed by atoms with Crippen LogP contribution in [-0.2, 0) is 0 Å². The Morgan fingerprint density at radius 1 is 1.20 bits per heavy atom. The van der Waals surface area contributed by atoms with Crippen molar-refractivity contribution >= 4 is 17.5 Å². The summed E-state index contributed by atoms with van der Waals surface area (Å²) in [6.45, 7) is 5.55. The van der Waals surface area contributed by atoms with Crippen LogP contribution < -0.4 is 5.32 Å². The fourth-order valence-corrected chi connectivity index (χ4v) is 3.26. The van der Waals surface area contributed by atoms with Gasteiger partial charge in [0.1, 0.15) is 0 Å². The van der Waals surface area contributed by atoms with Gasteiger partial charge in [0.05, 0.1) is 11.4 Å². The Labute approximate surface area is 153 Å². The first-order chi connectivity index (χ1) is 12.1. The number of benzene rings is 1. The first-order valence-electron chi connectivity index (χ1n) is 8.84. The molecule has 2 heterocycles. The first-order valence-corrected chi connectivity index (χ1v) is 9.22. The van der Waals surface area contributed by atoms with Crippen LogP contribution in [-0.4, -0.2) is 52.0 Å². The number of carbonyl (C=O) groups is 1. The van der Waals surface area contributed by atoms with E-state index in [9.17, 15) is 4.79 Å². The summed E-state index contributed by atoms with van der Waals surface area (Å²) in [4.78, 5) is 16.3. The number of likely N-dealkylation sites (tertiary alicyclic amines) is 1. The third-order valence-electron chi connectivity index (χ3n) is 4.45. The summed E-state index contributed by atoms with van der Waals surface area (Å²) in [7, 11) is 0. The molecule has 0 unspecified atom stereocenters. The second kappa shape index (κ2) is 8.45. The second-order valence-electron chi connectivity index (χ2n) is 6.42. The molecule has 2 aromatic rings. The molecule has 0 bridgehead atoms. The van der Waals surface area contributed by atoms with E-state index in [0.29, 0.717) is 23.0 Å². The lowest BCUT2D eigenvalue weighted by molar-refractivity contribution is 0.0942. The Hall–Kier alpha value is -1.92. The van der Waals surface area contributed by atoms with E-state index < -0.39 is 0 Å². The van der Waals surface area contributed by atoms with Gasteiger partial charge in [-0.1, -0.05) is 30.5 Å². The van der Waals surface area contributed by atoms with Gasteiger partial charge in [0.25, 0.3) is 5.91 Å². The number of nitrogens with zero attached hydrogens (tertiary/aromatic N) is 4. The Bertz CT molecular complexity index is 722. The van der Waals surface area contributed by atoms with Gasteiger partial charge in [0.2, 0.25) is 0 Å². The molecule has 3 rings (SSSR count). The highest BCUT2D eigenvalue weighted by Gasteiger charge is 2.17. The molecule has 1 aliphatic rings. The Kier molecular flexibility index (Phi) is 6.04. The Balaban J connectivity index is 1.58. The van der Waals surface area contributed by atoms with E-state index in [1.54, 1.807) is 19.1 Å². The van der Waals surface area contributed by atoms with E-state index in [1.807, 2.05) is 12.1 Å². The van der Waals surface area contributed by atoms with Crippen molar-refractivity contribution < 1.29 is 4.79 Å². The third-order valence-corrected chi connectivity index (χ3v) is 4.68. The minimum atomic E-state index is -0.180. The molecule has 0 radical (unpaired) electrons. The van der Waals surface area contributed by atoms with Gasteiger partial charge < -0.3 is 10.2 Å². The number of hydrogen-bond acceptors (Lipinski definition) is 4. The van der Waals surface area contributed by atoms with Gasteiger partial charge in [-0.05, 0) is 51.1 Å². The predicted octanol–water partition coefficient (Wildman–Crippen LogP) is 2.83. The average Bonchev–Trinajstić information content (AvgIpc) is 2.80. The summed E-state index contributed by atoms with van der Waals surface area (Å²) < 4.78 is 0. The quantitative estimate of drug-likeness (QED) is 0.889. The van der Waals surface area contributed by atoms with Crippen molar-refractivity contribution in [2.24, 2.45) is 0 Å². The largest absolute Gasteiger partial charge is 0.349 e. The molecule has 1 aromatic heterocycles. The highest BCUT2D eigenvalue weighted by atomic mass is 35.5. The minimum Gasteiger partial charge on any atom is -0.349 e. The summed E-state index contributed by atoms with van der Waals surface area (Å²) in [5.41, 5.74) is 1.70. The lowest BCUT2D eigenvalue weighted by Gasteiger charge is -2.19. The first kappa shape index (κ1) is 17.9. The van der Waals surface area contributed by atoms with Gasteiger partial charge in [0, 0.05) is 18.1 Å². The fraction of sp³-hybridized carbons (Fsp3) is 0.500. The summed E-state index contributed by atoms with van der Waals surface area (Å²) in [5, 5.41) is 12.2. The highest BCUT2D eigenvalue weighted by molar-refractivity contribution is 6.30. The van der Waals surface area contributed by atoms with Crippen molar-refractivity contribution in [2.75, 3.05) is 26.2 Å². The predicted molar refractivity (Wildman–Crippen MR) is 98.3 cm³/mol. The van der Waals surface area contributed by atoms with Crippen LogP contribution in [0.5, 0.6) is 0 Å². The maximum Gasteiger partial charge on any atom is 0.273 e. The number of hydrogen-bond donors (Lipinski definition) is 1. The monoisotopic (exact) mass is 361 g/mol. The average molecular weight is 362 g/mol. The molecular weight excluding hydrogens is 338 g/mol. The molecule has 6 nitrogen and oxygen atoms in total. The zero-order valence-electron chi connectivity index (χ0n) is 14.5. The van der Waals surface area contributed by atoms with E-state index in [0.717, 1.165) is 25.3 Å². The highest BCUT2D eigenvalue weighted by Crippen LogP contribution is 2.14. The molecule has 1 aromatic carbocycles. The number of amides is 1. The number of rotatable bonds is 5. The Morgan fingerprint density at radius 2 is 1.96 bits per heavy atom. The zero-order chi connectivity index (χ0) is 17.6. The van der Waals surface area contributed by atoms with Gasteiger partial charge in [-0.3, -0.25) is 4.79 Å². The molecule has 1 saturated heterocycles. The number of nitrogens with one attached hydrogen (secondary N) is 1. The normalized spacial score (nSPS) is 15.8. The molecule has 25 heavy (non-hydrogen) atoms. The van der Waals surface area contributed by atoms with Crippen LogP contribution in [0.2, 0.25) is 5.02 Å². The maximum absolute atomic E-state index is 12.4. The van der Waals surface area contributed by atoms with Crippen LogP contribution in [0.4, 0.5) is 0 Å². The topological polar surface area (TPSA) is 63.1 Å². The van der Waals surface area contributed by atoms with Crippen LogP contribution in [0, 0.1) is 6.92 Å². The molecule has 0 saturated carbocycles. The maximum atomic E-state index is 12.4. The van der Waals surface area contributed by atoms with Gasteiger partial charge in [-0.2, -0.15) is 9.90 Å². The third kappa shape index (κ3) is 4.80. The van der Waals surface area contributed by atoms with Crippen LogP contribution >= 0.6 is 11.6 Å². The molecule has 0 spiro atoms. The van der Waals surface area contributed by atoms with Crippen LogP contribution in [0.1, 0.15) is 41.9 Å². The van der Waals surface area contributed by atoms with Crippen molar-refractivity contribution in [1.82, 2.24) is 25.2 Å². The number of carbonyl (C=O) groups excluding carboxylic acids is 1. The smallest absolute Gasteiger partial charge is 0.273 e. The van der Waals surface area contributed by atoms with E-state index in [2.05, 4.69) is 20.4 Å². The van der Waals surface area contributed by atoms with Crippen LogP contribution in [0.25, 0.3) is 5.69 Å². The summed E-state index contributed by atoms with van der Waals surface area (Å²) in [6, 6.07) is 7.24. The molecule has 1 aliphatic heterocycles. The Morgan fingerprint density at radius 3 is 2.68 bits per heavy atom. The number of aromatic nitrogens is 3. The van der Waals surface area contributed by atoms with Gasteiger partial charge in [-0.25, -0.2) is 0 Å². The second-order valence-corrected chi connectivity index (χ2v) is 6.85. The van der Waals surface area contributed by atoms with E-state index >= 15 is 0 Å². The van der Waals surface area contributed by atoms with Crippen LogP contribution in [0.15, 0.2) is 24.3 Å². The van der Waals surface area contributed by atoms with Gasteiger partial charge in [-0.15, -0.1) is 5.10 Å². The summed E-state index contributed by atoms with van der Waals surface area (Å²) in [5.74, 6) is -0.180. The molecular formula is C18H24ClN5O. The van der Waals surface area contributed by atoms with Crippen molar-refractivity contribution in [3.05, 3.63) is 40.7 Å². The minimum absolute atomic E-state index is 0.180. The van der Waals surface area contributed by atoms with Crippen molar-refractivity contribution in [2.45, 2.75) is 32.6 Å². The van der Waals surface area contributed by atoms with Crippen molar-refractivity contribution in [3.8, 4) is 5.69 Å². The van der Waals surface area contributed by atoms with Crippen molar-refractivity contribution in [1.29, 1.82) is 0 Å². The number of halogens is 1. The molecule has 134 valence electrons. The van der Waals surface area contributed by atoms with Crippen molar-refractivity contribution in [3.63, 3.8) is 0 Å². The standard InChI is InChI=1S/C18H24ClN5O/c1-14-17(22-24(21-14)16-8-6-7-15(19)13-16)18(25)20-9-12-23-10-4-2-3-5-11-23/h6-8,13H,2-5,9-12H2,1H3,(H,20,25). The number of aryl methyl sites for hydroxylation is 1.